The molecule has 0 bridgehead atoms. The third-order valence-corrected chi connectivity index (χ3v) is 2.83. The Bertz CT molecular complexity index is 131. The molecule has 0 aromatic rings. The topological polar surface area (TPSA) is 0 Å². The van der Waals surface area contributed by atoms with Gasteiger partial charge in [-0.2, -0.15) is 0 Å². The lowest BCUT2D eigenvalue weighted by Gasteiger charge is -2.35. The molecule has 0 saturated heterocycles. The molecular formula is C10H18. The van der Waals surface area contributed by atoms with Crippen LogP contribution >= 0.6 is 0 Å². The molecule has 0 aromatic carbocycles. The lowest BCUT2D eigenvalue weighted by Crippen LogP contribution is -2.24. The van der Waals surface area contributed by atoms with Crippen LogP contribution in [0.1, 0.15) is 40.0 Å². The first-order valence-electron chi connectivity index (χ1n) is 4.32. The van der Waals surface area contributed by atoms with E-state index in [4.69, 9.17) is 0 Å². The van der Waals surface area contributed by atoms with Crippen molar-refractivity contribution in [1.82, 2.24) is 0 Å². The van der Waals surface area contributed by atoms with Gasteiger partial charge in [0.1, 0.15) is 0 Å². The molecule has 1 atom stereocenters. The quantitative estimate of drug-likeness (QED) is 0.487. The molecular weight excluding hydrogens is 120 g/mol. The Morgan fingerprint density at radius 2 is 2.10 bits per heavy atom. The third-order valence-electron chi connectivity index (χ3n) is 2.83. The molecule has 0 fully saturated rings. The van der Waals surface area contributed by atoms with Gasteiger partial charge in [-0.15, -0.1) is 0 Å². The molecule has 1 aliphatic carbocycles. The molecule has 10 heavy (non-hydrogen) atoms. The van der Waals surface area contributed by atoms with Gasteiger partial charge in [0.2, 0.25) is 0 Å². The van der Waals surface area contributed by atoms with E-state index in [-0.39, 0.29) is 0 Å². The first-order valence-corrected chi connectivity index (χ1v) is 4.32. The molecule has 0 heteroatoms. The van der Waals surface area contributed by atoms with Crippen LogP contribution in [0.5, 0.6) is 0 Å². The standard InChI is InChI=1S/C10H18/c1-4-9-7-5-6-8-10(9,2)3/h5-6,9H,4,7-8H2,1-3H3. The molecule has 0 nitrogen and oxygen atoms in total. The van der Waals surface area contributed by atoms with E-state index in [1.807, 2.05) is 0 Å². The van der Waals surface area contributed by atoms with Crippen molar-refractivity contribution >= 4 is 0 Å². The number of allylic oxidation sites excluding steroid dienone is 2. The normalized spacial score (nSPS) is 30.5. The van der Waals surface area contributed by atoms with Crippen molar-refractivity contribution < 1.29 is 0 Å². The van der Waals surface area contributed by atoms with Crippen molar-refractivity contribution in [2.45, 2.75) is 40.0 Å². The van der Waals surface area contributed by atoms with Crippen molar-refractivity contribution in [2.75, 3.05) is 0 Å². The van der Waals surface area contributed by atoms with Gasteiger partial charge in [-0.1, -0.05) is 39.3 Å². The highest BCUT2D eigenvalue weighted by Gasteiger charge is 2.27. The van der Waals surface area contributed by atoms with Crippen molar-refractivity contribution in [3.05, 3.63) is 12.2 Å². The van der Waals surface area contributed by atoms with Gasteiger partial charge in [-0.3, -0.25) is 0 Å². The Morgan fingerprint density at radius 3 is 2.50 bits per heavy atom. The summed E-state index contributed by atoms with van der Waals surface area (Å²) < 4.78 is 0. The predicted molar refractivity (Wildman–Crippen MR) is 45.9 cm³/mol. The van der Waals surface area contributed by atoms with E-state index in [0.29, 0.717) is 5.41 Å². The van der Waals surface area contributed by atoms with E-state index < -0.39 is 0 Å². The summed E-state index contributed by atoms with van der Waals surface area (Å²) in [5, 5.41) is 0. The zero-order valence-electron chi connectivity index (χ0n) is 7.35. The highest BCUT2D eigenvalue weighted by atomic mass is 14.3. The molecule has 1 aliphatic rings. The van der Waals surface area contributed by atoms with Crippen LogP contribution in [0.25, 0.3) is 0 Å². The van der Waals surface area contributed by atoms with Gasteiger partial charge >= 0.3 is 0 Å². The van der Waals surface area contributed by atoms with E-state index in [1.165, 1.54) is 19.3 Å². The highest BCUT2D eigenvalue weighted by Crippen LogP contribution is 2.38. The van der Waals surface area contributed by atoms with Gasteiger partial charge in [0.05, 0.1) is 0 Å². The summed E-state index contributed by atoms with van der Waals surface area (Å²) in [7, 11) is 0. The summed E-state index contributed by atoms with van der Waals surface area (Å²) in [5.41, 5.74) is 0.559. The molecule has 1 unspecified atom stereocenters. The molecule has 0 saturated carbocycles. The second-order valence-corrected chi connectivity index (χ2v) is 4.00. The zero-order chi connectivity index (χ0) is 7.61. The number of hydrogen-bond donors (Lipinski definition) is 0. The molecule has 0 heterocycles. The molecule has 1 rings (SSSR count). The van der Waals surface area contributed by atoms with Crippen LogP contribution in [0, 0.1) is 11.3 Å². The predicted octanol–water partition coefficient (Wildman–Crippen LogP) is 3.39. The first kappa shape index (κ1) is 7.84. The monoisotopic (exact) mass is 138 g/mol. The minimum absolute atomic E-state index is 0.559. The Labute approximate surface area is 64.3 Å². The van der Waals surface area contributed by atoms with Crippen molar-refractivity contribution in [3.63, 3.8) is 0 Å². The second-order valence-electron chi connectivity index (χ2n) is 4.00. The maximum atomic E-state index is 2.38. The summed E-state index contributed by atoms with van der Waals surface area (Å²) in [5.74, 6) is 0.914. The average molecular weight is 138 g/mol. The first-order chi connectivity index (χ1) is 4.67. The lowest BCUT2D eigenvalue weighted by atomic mass is 9.70. The van der Waals surface area contributed by atoms with Crippen LogP contribution in [0.2, 0.25) is 0 Å². The average Bonchev–Trinajstić information content (AvgIpc) is 1.87. The molecule has 0 N–H and O–H groups in total. The van der Waals surface area contributed by atoms with Gasteiger partial charge in [0, 0.05) is 0 Å². The fourth-order valence-corrected chi connectivity index (χ4v) is 1.85. The lowest BCUT2D eigenvalue weighted by molar-refractivity contribution is 0.199. The molecule has 0 amide bonds. The Kier molecular flexibility index (Phi) is 2.18. The van der Waals surface area contributed by atoms with Crippen LogP contribution < -0.4 is 0 Å². The van der Waals surface area contributed by atoms with Gasteiger partial charge < -0.3 is 0 Å². The summed E-state index contributed by atoms with van der Waals surface area (Å²) in [6, 6.07) is 0. The highest BCUT2D eigenvalue weighted by molar-refractivity contribution is 4.98. The van der Waals surface area contributed by atoms with Crippen LogP contribution in [-0.4, -0.2) is 0 Å². The van der Waals surface area contributed by atoms with Crippen molar-refractivity contribution in [1.29, 1.82) is 0 Å². The summed E-state index contributed by atoms with van der Waals surface area (Å²) in [6.07, 6.45) is 8.55. The third kappa shape index (κ3) is 1.42. The molecule has 58 valence electrons. The molecule has 0 spiro atoms. The van der Waals surface area contributed by atoms with Gasteiger partial charge in [0.25, 0.3) is 0 Å². The van der Waals surface area contributed by atoms with Gasteiger partial charge in [0.15, 0.2) is 0 Å². The summed E-state index contributed by atoms with van der Waals surface area (Å²) in [4.78, 5) is 0. The maximum Gasteiger partial charge on any atom is -0.0289 e. The molecule has 0 aromatic heterocycles. The number of rotatable bonds is 1. The van der Waals surface area contributed by atoms with Crippen LogP contribution in [-0.2, 0) is 0 Å². The minimum Gasteiger partial charge on any atom is -0.0882 e. The summed E-state index contributed by atoms with van der Waals surface area (Å²) >= 11 is 0. The van der Waals surface area contributed by atoms with E-state index >= 15 is 0 Å². The summed E-state index contributed by atoms with van der Waals surface area (Å²) in [6.45, 7) is 7.06. The van der Waals surface area contributed by atoms with Crippen LogP contribution in [0.15, 0.2) is 12.2 Å². The second kappa shape index (κ2) is 2.77. The fourth-order valence-electron chi connectivity index (χ4n) is 1.85. The fraction of sp³-hybridized carbons (Fsp3) is 0.800. The van der Waals surface area contributed by atoms with E-state index in [2.05, 4.69) is 32.9 Å². The number of hydrogen-bond acceptors (Lipinski definition) is 0. The zero-order valence-corrected chi connectivity index (χ0v) is 7.35. The van der Waals surface area contributed by atoms with Gasteiger partial charge in [-0.25, -0.2) is 0 Å². The SMILES string of the molecule is CCC1CC=CCC1(C)C. The molecule has 0 aliphatic heterocycles. The van der Waals surface area contributed by atoms with Crippen molar-refractivity contribution in [2.24, 2.45) is 11.3 Å². The maximum absolute atomic E-state index is 2.38. The van der Waals surface area contributed by atoms with Crippen LogP contribution in [0.4, 0.5) is 0 Å². The molecule has 0 radical (unpaired) electrons. The minimum atomic E-state index is 0.559. The van der Waals surface area contributed by atoms with E-state index in [1.54, 1.807) is 0 Å². The van der Waals surface area contributed by atoms with Gasteiger partial charge in [-0.05, 0) is 24.2 Å². The smallest absolute Gasteiger partial charge is 0.0289 e. The van der Waals surface area contributed by atoms with E-state index in [9.17, 15) is 0 Å². The van der Waals surface area contributed by atoms with E-state index in [0.717, 1.165) is 5.92 Å². The Hall–Kier alpha value is -0.260. The van der Waals surface area contributed by atoms with Crippen LogP contribution in [0.3, 0.4) is 0 Å². The Morgan fingerprint density at radius 1 is 1.40 bits per heavy atom. The largest absolute Gasteiger partial charge is 0.0882 e. The van der Waals surface area contributed by atoms with Crippen molar-refractivity contribution in [3.8, 4) is 0 Å². The Balaban J connectivity index is 2.63.